The van der Waals surface area contributed by atoms with Gasteiger partial charge in [0.25, 0.3) is 5.91 Å². The maximum Gasteiger partial charge on any atom is 0.303 e. The summed E-state index contributed by atoms with van der Waals surface area (Å²) in [5.74, 6) is -0.433. The number of amides is 1. The number of benzene rings is 1. The Labute approximate surface area is 138 Å². The van der Waals surface area contributed by atoms with Crippen molar-refractivity contribution >= 4 is 11.9 Å². The number of aliphatic carboxylic acids is 1. The first kappa shape index (κ1) is 17.5. The van der Waals surface area contributed by atoms with Gasteiger partial charge in [0.05, 0.1) is 0 Å². The van der Waals surface area contributed by atoms with Crippen molar-refractivity contribution in [3.63, 3.8) is 0 Å². The fraction of sp³-hybridized carbons (Fsp3) is 0.294. The van der Waals surface area contributed by atoms with Gasteiger partial charge in [-0.1, -0.05) is 0 Å². The van der Waals surface area contributed by atoms with Crippen molar-refractivity contribution in [1.29, 1.82) is 0 Å². The monoisotopic (exact) mass is 335 g/mol. The molecule has 1 aromatic carbocycles. The molecule has 0 aliphatic carbocycles. The van der Waals surface area contributed by atoms with Crippen molar-refractivity contribution in [1.82, 2.24) is 5.32 Å². The topological polar surface area (TPSA) is 88.8 Å². The van der Waals surface area contributed by atoms with Crippen LogP contribution in [0, 0.1) is 5.82 Å². The van der Waals surface area contributed by atoms with Gasteiger partial charge in [0.2, 0.25) is 0 Å². The van der Waals surface area contributed by atoms with Crippen LogP contribution in [-0.4, -0.2) is 23.5 Å². The van der Waals surface area contributed by atoms with Crippen LogP contribution in [0.15, 0.2) is 40.8 Å². The van der Waals surface area contributed by atoms with Crippen LogP contribution in [0.1, 0.15) is 35.6 Å². The number of carboxylic acid groups (broad SMARTS) is 1. The maximum absolute atomic E-state index is 12.8. The summed E-state index contributed by atoms with van der Waals surface area (Å²) in [4.78, 5) is 22.2. The van der Waals surface area contributed by atoms with Crippen molar-refractivity contribution in [3.8, 4) is 5.75 Å². The lowest BCUT2D eigenvalue weighted by molar-refractivity contribution is -0.137. The predicted molar refractivity (Wildman–Crippen MR) is 83.3 cm³/mol. The molecule has 2 aromatic rings. The number of hydrogen-bond donors (Lipinski definition) is 2. The molecule has 24 heavy (non-hydrogen) atoms. The number of rotatable bonds is 9. The number of ether oxygens (including phenoxy) is 1. The van der Waals surface area contributed by atoms with E-state index < -0.39 is 5.97 Å². The molecule has 0 radical (unpaired) electrons. The van der Waals surface area contributed by atoms with Gasteiger partial charge in [-0.15, -0.1) is 0 Å². The second kappa shape index (κ2) is 8.71. The Balaban J connectivity index is 1.74. The molecule has 0 atom stereocenters. The zero-order chi connectivity index (χ0) is 17.4. The Morgan fingerprint density at radius 3 is 2.58 bits per heavy atom. The number of carbonyl (C=O) groups is 2. The number of unbranched alkanes of at least 4 members (excludes halogenated alkanes) is 1. The average molecular weight is 335 g/mol. The fourth-order valence-electron chi connectivity index (χ4n) is 1.95. The third-order valence-electron chi connectivity index (χ3n) is 3.18. The van der Waals surface area contributed by atoms with Gasteiger partial charge < -0.3 is 19.6 Å². The summed E-state index contributed by atoms with van der Waals surface area (Å²) in [7, 11) is 0. The molecule has 6 nitrogen and oxygen atoms in total. The van der Waals surface area contributed by atoms with Crippen LogP contribution in [0.5, 0.6) is 5.75 Å². The Morgan fingerprint density at radius 2 is 1.88 bits per heavy atom. The number of carboxylic acids is 1. The van der Waals surface area contributed by atoms with Gasteiger partial charge in [-0.05, 0) is 49.2 Å². The summed E-state index contributed by atoms with van der Waals surface area (Å²) in [6.07, 6.45) is 1.17. The van der Waals surface area contributed by atoms with Crippen molar-refractivity contribution < 1.29 is 28.2 Å². The molecule has 0 unspecified atom stereocenters. The van der Waals surface area contributed by atoms with Gasteiger partial charge in [-0.25, -0.2) is 4.39 Å². The molecule has 0 bridgehead atoms. The Bertz CT molecular complexity index is 681. The zero-order valence-electron chi connectivity index (χ0n) is 13.0. The van der Waals surface area contributed by atoms with Gasteiger partial charge >= 0.3 is 5.97 Å². The van der Waals surface area contributed by atoms with Gasteiger partial charge in [0.15, 0.2) is 5.76 Å². The van der Waals surface area contributed by atoms with Crippen molar-refractivity contribution in [2.75, 3.05) is 6.54 Å². The van der Waals surface area contributed by atoms with Gasteiger partial charge in [-0.3, -0.25) is 9.59 Å². The van der Waals surface area contributed by atoms with Crippen molar-refractivity contribution in [2.24, 2.45) is 0 Å². The predicted octanol–water partition coefficient (Wildman–Crippen LogP) is 2.98. The molecule has 0 fully saturated rings. The minimum atomic E-state index is -0.849. The second-order valence-electron chi connectivity index (χ2n) is 5.12. The standard InChI is InChI=1S/C17H18FNO5/c18-12-4-6-13(7-5-12)23-11-14-8-9-15(24-14)17(22)19-10-2-1-3-16(20)21/h4-9H,1-3,10-11H2,(H,19,22)(H,20,21). The zero-order valence-corrected chi connectivity index (χ0v) is 13.0. The summed E-state index contributed by atoms with van der Waals surface area (Å²) in [5, 5.41) is 11.2. The minimum absolute atomic E-state index is 0.0848. The molecule has 1 heterocycles. The largest absolute Gasteiger partial charge is 0.486 e. The van der Waals surface area contributed by atoms with Crippen molar-refractivity contribution in [3.05, 3.63) is 53.7 Å². The Kier molecular flexibility index (Phi) is 6.36. The quantitative estimate of drug-likeness (QED) is 0.688. The molecule has 0 saturated heterocycles. The summed E-state index contributed by atoms with van der Waals surface area (Å²) in [6, 6.07) is 8.76. The normalized spacial score (nSPS) is 10.4. The lowest BCUT2D eigenvalue weighted by atomic mass is 10.2. The van der Waals surface area contributed by atoms with E-state index in [2.05, 4.69) is 5.32 Å². The summed E-state index contributed by atoms with van der Waals surface area (Å²) >= 11 is 0. The van der Waals surface area contributed by atoms with E-state index in [1.54, 1.807) is 6.07 Å². The number of furan rings is 1. The van der Waals surface area contributed by atoms with Gasteiger partial charge in [0.1, 0.15) is 23.9 Å². The van der Waals surface area contributed by atoms with Gasteiger partial charge in [0, 0.05) is 13.0 Å². The molecular formula is C17H18FNO5. The molecule has 0 aliphatic rings. The van der Waals surface area contributed by atoms with E-state index in [4.69, 9.17) is 14.3 Å². The summed E-state index contributed by atoms with van der Waals surface area (Å²) < 4.78 is 23.6. The highest BCUT2D eigenvalue weighted by Crippen LogP contribution is 2.15. The second-order valence-corrected chi connectivity index (χ2v) is 5.12. The van der Waals surface area contributed by atoms with Crippen LogP contribution < -0.4 is 10.1 Å². The first-order valence-electron chi connectivity index (χ1n) is 7.51. The number of carbonyl (C=O) groups excluding carboxylic acids is 1. The molecule has 2 rings (SSSR count). The van der Waals surface area contributed by atoms with Crippen molar-refractivity contribution in [2.45, 2.75) is 25.9 Å². The minimum Gasteiger partial charge on any atom is -0.486 e. The molecule has 1 aromatic heterocycles. The molecule has 128 valence electrons. The highest BCUT2D eigenvalue weighted by molar-refractivity contribution is 5.91. The van der Waals surface area contributed by atoms with Crippen LogP contribution in [0.4, 0.5) is 4.39 Å². The van der Waals surface area contributed by atoms with E-state index in [0.29, 0.717) is 30.9 Å². The third-order valence-corrected chi connectivity index (χ3v) is 3.18. The highest BCUT2D eigenvalue weighted by atomic mass is 19.1. The van der Waals surface area contributed by atoms with Crippen LogP contribution in [0.3, 0.4) is 0 Å². The third kappa shape index (κ3) is 5.75. The number of halogens is 1. The van der Waals surface area contributed by atoms with E-state index in [0.717, 1.165) is 0 Å². The van der Waals surface area contributed by atoms with Gasteiger partial charge in [-0.2, -0.15) is 0 Å². The lowest BCUT2D eigenvalue weighted by Gasteiger charge is -2.04. The molecule has 2 N–H and O–H groups in total. The molecule has 0 saturated carbocycles. The first-order valence-corrected chi connectivity index (χ1v) is 7.51. The van der Waals surface area contributed by atoms with E-state index in [1.165, 1.54) is 30.3 Å². The van der Waals surface area contributed by atoms with E-state index in [-0.39, 0.29) is 30.5 Å². The first-order chi connectivity index (χ1) is 11.5. The number of nitrogens with one attached hydrogen (secondary N) is 1. The SMILES string of the molecule is O=C(O)CCCCNC(=O)c1ccc(COc2ccc(F)cc2)o1. The van der Waals surface area contributed by atoms with Crippen LogP contribution in [0.25, 0.3) is 0 Å². The highest BCUT2D eigenvalue weighted by Gasteiger charge is 2.11. The Morgan fingerprint density at radius 1 is 1.12 bits per heavy atom. The van der Waals surface area contributed by atoms with Crippen LogP contribution >= 0.6 is 0 Å². The van der Waals surface area contributed by atoms with Crippen LogP contribution in [0.2, 0.25) is 0 Å². The molecule has 0 aliphatic heterocycles. The molecular weight excluding hydrogens is 317 g/mol. The average Bonchev–Trinajstić information content (AvgIpc) is 3.02. The maximum atomic E-state index is 12.8. The Hall–Kier alpha value is -2.83. The van der Waals surface area contributed by atoms with Crippen LogP contribution in [-0.2, 0) is 11.4 Å². The van der Waals surface area contributed by atoms with E-state index >= 15 is 0 Å². The summed E-state index contributed by atoms with van der Waals surface area (Å²) in [6.45, 7) is 0.506. The fourth-order valence-corrected chi connectivity index (χ4v) is 1.95. The number of hydrogen-bond acceptors (Lipinski definition) is 4. The molecule has 0 spiro atoms. The van der Waals surface area contributed by atoms with E-state index in [9.17, 15) is 14.0 Å². The smallest absolute Gasteiger partial charge is 0.303 e. The lowest BCUT2D eigenvalue weighted by Crippen LogP contribution is -2.24. The molecule has 1 amide bonds. The summed E-state index contributed by atoms with van der Waals surface area (Å²) in [5.41, 5.74) is 0. The molecule has 7 heteroatoms. The van der Waals surface area contributed by atoms with E-state index in [1.807, 2.05) is 0 Å².